The van der Waals surface area contributed by atoms with Crippen molar-refractivity contribution in [2.24, 2.45) is 5.73 Å². The fourth-order valence-corrected chi connectivity index (χ4v) is 1.44. The van der Waals surface area contributed by atoms with E-state index in [4.69, 9.17) is 22.1 Å². The van der Waals surface area contributed by atoms with Crippen LogP contribution in [0.4, 0.5) is 5.69 Å². The van der Waals surface area contributed by atoms with Crippen LogP contribution in [0, 0.1) is 0 Å². The lowest BCUT2D eigenvalue weighted by Crippen LogP contribution is -2.27. The minimum absolute atomic E-state index is 0.234. The molecule has 0 amide bonds. The van der Waals surface area contributed by atoms with Gasteiger partial charge >= 0.3 is 0 Å². The highest BCUT2D eigenvalue weighted by Gasteiger charge is 2.04. The minimum Gasteiger partial charge on any atom is -0.492 e. The lowest BCUT2D eigenvalue weighted by atomic mass is 10.3. The molecule has 1 atom stereocenters. The number of anilines is 1. The number of benzene rings is 1. The molecular formula is C11H17ClN2O2. The summed E-state index contributed by atoms with van der Waals surface area (Å²) in [5.74, 6) is 0.661. The molecule has 90 valence electrons. The number of rotatable bonds is 6. The van der Waals surface area contributed by atoms with E-state index in [0.717, 1.165) is 5.69 Å². The van der Waals surface area contributed by atoms with Crippen LogP contribution in [0.1, 0.15) is 6.92 Å². The van der Waals surface area contributed by atoms with Crippen LogP contribution in [0.5, 0.6) is 5.75 Å². The van der Waals surface area contributed by atoms with Gasteiger partial charge in [-0.2, -0.15) is 0 Å². The molecule has 0 saturated carbocycles. The normalized spacial score (nSPS) is 12.2. The highest BCUT2D eigenvalue weighted by molar-refractivity contribution is 6.32. The molecule has 16 heavy (non-hydrogen) atoms. The van der Waals surface area contributed by atoms with Gasteiger partial charge in [-0.05, 0) is 25.1 Å². The molecule has 0 aliphatic rings. The fraction of sp³-hybridized carbons (Fsp3) is 0.455. The predicted molar refractivity (Wildman–Crippen MR) is 66.2 cm³/mol. The number of halogens is 1. The minimum atomic E-state index is -0.551. The summed E-state index contributed by atoms with van der Waals surface area (Å²) < 4.78 is 5.31. The van der Waals surface area contributed by atoms with E-state index in [9.17, 15) is 5.11 Å². The Balaban J connectivity index is 2.59. The topological polar surface area (TPSA) is 67.5 Å². The van der Waals surface area contributed by atoms with Crippen LogP contribution in [-0.2, 0) is 0 Å². The Labute approximate surface area is 100 Å². The van der Waals surface area contributed by atoms with E-state index in [1.807, 2.05) is 13.0 Å². The average Bonchev–Trinajstić information content (AvgIpc) is 2.29. The number of nitrogens with two attached hydrogens (primary N) is 1. The Morgan fingerprint density at radius 1 is 1.56 bits per heavy atom. The summed E-state index contributed by atoms with van der Waals surface area (Å²) in [6, 6.07) is 5.40. The van der Waals surface area contributed by atoms with E-state index in [2.05, 4.69) is 5.32 Å². The molecule has 4 nitrogen and oxygen atoms in total. The van der Waals surface area contributed by atoms with Crippen molar-refractivity contribution in [3.63, 3.8) is 0 Å². The molecule has 0 aromatic heterocycles. The molecule has 0 heterocycles. The van der Waals surface area contributed by atoms with Crippen LogP contribution in [-0.4, -0.2) is 30.9 Å². The molecule has 0 aliphatic heterocycles. The van der Waals surface area contributed by atoms with Crippen LogP contribution < -0.4 is 15.8 Å². The maximum absolute atomic E-state index is 9.28. The highest BCUT2D eigenvalue weighted by Crippen LogP contribution is 2.27. The SMILES string of the molecule is CCOc1ccc(NCC(O)CN)cc1Cl. The van der Waals surface area contributed by atoms with E-state index >= 15 is 0 Å². The zero-order valence-corrected chi connectivity index (χ0v) is 10.00. The number of nitrogens with one attached hydrogen (secondary N) is 1. The van der Waals surface area contributed by atoms with Gasteiger partial charge in [-0.3, -0.25) is 0 Å². The van der Waals surface area contributed by atoms with E-state index in [-0.39, 0.29) is 6.54 Å². The summed E-state index contributed by atoms with van der Waals surface area (Å²) in [6.07, 6.45) is -0.551. The van der Waals surface area contributed by atoms with Crippen LogP contribution in [0.3, 0.4) is 0 Å². The second kappa shape index (κ2) is 6.58. The number of hydrogen-bond donors (Lipinski definition) is 3. The van der Waals surface area contributed by atoms with Gasteiger partial charge in [0.25, 0.3) is 0 Å². The van der Waals surface area contributed by atoms with Crippen molar-refractivity contribution in [3.8, 4) is 5.75 Å². The first-order valence-corrected chi connectivity index (χ1v) is 5.59. The Morgan fingerprint density at radius 3 is 2.88 bits per heavy atom. The number of hydrogen-bond acceptors (Lipinski definition) is 4. The summed E-state index contributed by atoms with van der Waals surface area (Å²) in [4.78, 5) is 0. The van der Waals surface area contributed by atoms with Gasteiger partial charge in [-0.1, -0.05) is 11.6 Å². The van der Waals surface area contributed by atoms with E-state index in [1.165, 1.54) is 0 Å². The van der Waals surface area contributed by atoms with Crippen molar-refractivity contribution in [2.75, 3.05) is 25.0 Å². The lowest BCUT2D eigenvalue weighted by molar-refractivity contribution is 0.196. The molecule has 1 aromatic carbocycles. The number of aliphatic hydroxyl groups is 1. The lowest BCUT2D eigenvalue weighted by Gasteiger charge is -2.12. The first-order valence-electron chi connectivity index (χ1n) is 5.21. The van der Waals surface area contributed by atoms with E-state index in [1.54, 1.807) is 12.1 Å². The van der Waals surface area contributed by atoms with Gasteiger partial charge < -0.3 is 20.9 Å². The van der Waals surface area contributed by atoms with Crippen molar-refractivity contribution < 1.29 is 9.84 Å². The maximum Gasteiger partial charge on any atom is 0.138 e. The molecule has 0 radical (unpaired) electrons. The molecule has 5 heteroatoms. The van der Waals surface area contributed by atoms with Gasteiger partial charge in [0.05, 0.1) is 17.7 Å². The first kappa shape index (κ1) is 13.1. The molecule has 0 saturated heterocycles. The third-order valence-electron chi connectivity index (χ3n) is 2.05. The van der Waals surface area contributed by atoms with Crippen molar-refractivity contribution >= 4 is 17.3 Å². The maximum atomic E-state index is 9.28. The standard InChI is InChI=1S/C11H17ClN2O2/c1-2-16-11-4-3-8(5-10(11)12)14-7-9(15)6-13/h3-5,9,14-15H,2,6-7,13H2,1H3. The largest absolute Gasteiger partial charge is 0.492 e. The predicted octanol–water partition coefficient (Wildman–Crippen LogP) is 1.47. The summed E-state index contributed by atoms with van der Waals surface area (Å²) in [6.45, 7) is 3.12. The Morgan fingerprint density at radius 2 is 2.31 bits per heavy atom. The fourth-order valence-electron chi connectivity index (χ4n) is 1.20. The second-order valence-corrected chi connectivity index (χ2v) is 3.76. The summed E-state index contributed by atoms with van der Waals surface area (Å²) >= 11 is 6.01. The van der Waals surface area contributed by atoms with Gasteiger partial charge in [-0.15, -0.1) is 0 Å². The molecule has 1 aromatic rings. The average molecular weight is 245 g/mol. The van der Waals surface area contributed by atoms with Gasteiger partial charge in [0.1, 0.15) is 5.75 Å². The first-order chi connectivity index (χ1) is 7.67. The van der Waals surface area contributed by atoms with Gasteiger partial charge in [-0.25, -0.2) is 0 Å². The molecule has 1 rings (SSSR count). The second-order valence-electron chi connectivity index (χ2n) is 3.35. The summed E-state index contributed by atoms with van der Waals surface area (Å²) in [5.41, 5.74) is 6.13. The third kappa shape index (κ3) is 3.89. The zero-order valence-electron chi connectivity index (χ0n) is 9.24. The molecule has 0 spiro atoms. The van der Waals surface area contributed by atoms with E-state index in [0.29, 0.717) is 23.9 Å². The molecule has 1 unspecified atom stereocenters. The summed E-state index contributed by atoms with van der Waals surface area (Å²) in [7, 11) is 0. The van der Waals surface area contributed by atoms with Crippen molar-refractivity contribution in [1.29, 1.82) is 0 Å². The van der Waals surface area contributed by atoms with Crippen LogP contribution in [0.25, 0.3) is 0 Å². The monoisotopic (exact) mass is 244 g/mol. The quantitative estimate of drug-likeness (QED) is 0.709. The molecule has 0 fully saturated rings. The molecule has 0 bridgehead atoms. The van der Waals surface area contributed by atoms with Crippen LogP contribution in [0.2, 0.25) is 5.02 Å². The third-order valence-corrected chi connectivity index (χ3v) is 2.34. The highest BCUT2D eigenvalue weighted by atomic mass is 35.5. The number of ether oxygens (including phenoxy) is 1. The van der Waals surface area contributed by atoms with Crippen molar-refractivity contribution in [3.05, 3.63) is 23.2 Å². The zero-order chi connectivity index (χ0) is 12.0. The van der Waals surface area contributed by atoms with Crippen LogP contribution >= 0.6 is 11.6 Å². The molecule has 4 N–H and O–H groups in total. The molecule has 0 aliphatic carbocycles. The van der Waals surface area contributed by atoms with Gasteiger partial charge in [0.15, 0.2) is 0 Å². The van der Waals surface area contributed by atoms with Crippen molar-refractivity contribution in [2.45, 2.75) is 13.0 Å². The van der Waals surface area contributed by atoms with E-state index < -0.39 is 6.10 Å². The smallest absolute Gasteiger partial charge is 0.138 e. The molecular weight excluding hydrogens is 228 g/mol. The van der Waals surface area contributed by atoms with Gasteiger partial charge in [0, 0.05) is 18.8 Å². The summed E-state index contributed by atoms with van der Waals surface area (Å²) in [5, 5.41) is 12.9. The van der Waals surface area contributed by atoms with Gasteiger partial charge in [0.2, 0.25) is 0 Å². The Hall–Kier alpha value is -0.970. The van der Waals surface area contributed by atoms with Crippen molar-refractivity contribution in [1.82, 2.24) is 0 Å². The number of aliphatic hydroxyl groups excluding tert-OH is 1. The van der Waals surface area contributed by atoms with Crippen LogP contribution in [0.15, 0.2) is 18.2 Å². The Bertz CT molecular complexity index is 334. The Kier molecular flexibility index (Phi) is 5.38.